The van der Waals surface area contributed by atoms with Gasteiger partial charge in [0.1, 0.15) is 0 Å². The number of nitrogens with one attached hydrogen (secondary N) is 1. The molecule has 1 saturated heterocycles. The fourth-order valence-electron chi connectivity index (χ4n) is 2.67. The van der Waals surface area contributed by atoms with E-state index < -0.39 is 5.97 Å². The van der Waals surface area contributed by atoms with Crippen molar-refractivity contribution in [2.24, 2.45) is 5.92 Å². The molecule has 0 aromatic rings. The summed E-state index contributed by atoms with van der Waals surface area (Å²) in [5.41, 5.74) is 0. The summed E-state index contributed by atoms with van der Waals surface area (Å²) in [4.78, 5) is 13.2. The lowest BCUT2D eigenvalue weighted by molar-refractivity contribution is -0.138. The summed E-state index contributed by atoms with van der Waals surface area (Å²) in [6, 6.07) is 0.782. The number of hydrogen-bond donors (Lipinski definition) is 3. The highest BCUT2D eigenvalue weighted by atomic mass is 16.4. The molecule has 1 aliphatic heterocycles. The average molecular weight is 258 g/mol. The number of carboxylic acid groups (broad SMARTS) is 1. The Labute approximate surface area is 109 Å². The molecule has 1 fully saturated rings. The van der Waals surface area contributed by atoms with Crippen molar-refractivity contribution in [2.75, 3.05) is 26.2 Å². The van der Waals surface area contributed by atoms with Crippen molar-refractivity contribution in [3.63, 3.8) is 0 Å². The molecule has 1 aliphatic rings. The first-order chi connectivity index (χ1) is 8.56. The topological polar surface area (TPSA) is 72.8 Å². The molecule has 0 bridgehead atoms. The summed E-state index contributed by atoms with van der Waals surface area (Å²) in [6.45, 7) is 6.87. The van der Waals surface area contributed by atoms with Crippen LogP contribution in [0.15, 0.2) is 0 Å². The van der Waals surface area contributed by atoms with Crippen LogP contribution in [0.5, 0.6) is 0 Å². The van der Waals surface area contributed by atoms with Crippen LogP contribution in [0.4, 0.5) is 0 Å². The predicted octanol–water partition coefficient (Wildman–Crippen LogP) is 0.532. The largest absolute Gasteiger partial charge is 0.481 e. The second-order valence-corrected chi connectivity index (χ2v) is 5.29. The van der Waals surface area contributed by atoms with Crippen LogP contribution < -0.4 is 5.32 Å². The van der Waals surface area contributed by atoms with E-state index in [0.29, 0.717) is 18.6 Å². The molecule has 0 radical (unpaired) electrons. The fourth-order valence-corrected chi connectivity index (χ4v) is 2.67. The van der Waals surface area contributed by atoms with Crippen LogP contribution in [0.3, 0.4) is 0 Å². The van der Waals surface area contributed by atoms with E-state index in [1.165, 1.54) is 0 Å². The summed E-state index contributed by atoms with van der Waals surface area (Å²) >= 11 is 0. The zero-order valence-corrected chi connectivity index (χ0v) is 11.4. The summed E-state index contributed by atoms with van der Waals surface area (Å²) in [7, 11) is 0. The highest BCUT2D eigenvalue weighted by Crippen LogP contribution is 2.22. The van der Waals surface area contributed by atoms with Crippen LogP contribution in [-0.2, 0) is 4.79 Å². The first-order valence-electron chi connectivity index (χ1n) is 6.86. The van der Waals surface area contributed by atoms with Crippen molar-refractivity contribution in [1.29, 1.82) is 0 Å². The van der Waals surface area contributed by atoms with Crippen molar-refractivity contribution in [3.05, 3.63) is 0 Å². The molecule has 0 amide bonds. The second-order valence-electron chi connectivity index (χ2n) is 5.29. The van der Waals surface area contributed by atoms with E-state index in [4.69, 9.17) is 10.2 Å². The van der Waals surface area contributed by atoms with Gasteiger partial charge in [-0.15, -0.1) is 0 Å². The van der Waals surface area contributed by atoms with E-state index in [9.17, 15) is 4.79 Å². The lowest BCUT2D eigenvalue weighted by atomic mass is 9.90. The van der Waals surface area contributed by atoms with E-state index in [2.05, 4.69) is 24.1 Å². The number of aliphatic hydroxyl groups excluding tert-OH is 1. The molecule has 5 heteroatoms. The predicted molar refractivity (Wildman–Crippen MR) is 70.6 cm³/mol. The number of carbonyl (C=O) groups is 1. The molecule has 1 rings (SSSR count). The average Bonchev–Trinajstić information content (AvgIpc) is 2.34. The number of rotatable bonds is 7. The van der Waals surface area contributed by atoms with Gasteiger partial charge < -0.3 is 15.5 Å². The Bertz CT molecular complexity index is 261. The van der Waals surface area contributed by atoms with Crippen molar-refractivity contribution >= 4 is 5.97 Å². The maximum absolute atomic E-state index is 10.9. The molecule has 0 aromatic heterocycles. The van der Waals surface area contributed by atoms with E-state index in [-0.39, 0.29) is 18.9 Å². The minimum atomic E-state index is -0.716. The number of likely N-dealkylation sites (tertiary alicyclic amines) is 1. The van der Waals surface area contributed by atoms with Crippen LogP contribution in [0.2, 0.25) is 0 Å². The van der Waals surface area contributed by atoms with Gasteiger partial charge in [0, 0.05) is 38.1 Å². The third-order valence-electron chi connectivity index (χ3n) is 3.79. The van der Waals surface area contributed by atoms with Gasteiger partial charge in [0.05, 0.1) is 6.61 Å². The first kappa shape index (κ1) is 15.4. The molecule has 0 aliphatic carbocycles. The van der Waals surface area contributed by atoms with Gasteiger partial charge in [-0.3, -0.25) is 9.69 Å². The van der Waals surface area contributed by atoms with Gasteiger partial charge in [0.15, 0.2) is 0 Å². The van der Waals surface area contributed by atoms with E-state index >= 15 is 0 Å². The molecule has 3 atom stereocenters. The zero-order valence-electron chi connectivity index (χ0n) is 11.4. The molecule has 18 heavy (non-hydrogen) atoms. The Hall–Kier alpha value is -0.650. The number of aliphatic hydroxyl groups is 1. The number of nitrogens with zero attached hydrogens (tertiary/aromatic N) is 1. The Kier molecular flexibility index (Phi) is 6.60. The standard InChI is InChI=1S/C13H26N2O3/c1-3-10(2)15-8-11(7-13(17)18)6-12(9-15)14-4-5-16/h10-12,14,16H,3-9H2,1-2H3,(H,17,18). The molecular formula is C13H26N2O3. The SMILES string of the molecule is CCC(C)N1CC(CC(=O)O)CC(NCCO)C1. The number of aliphatic carboxylic acids is 1. The van der Waals surface area contributed by atoms with Crippen molar-refractivity contribution < 1.29 is 15.0 Å². The Balaban J connectivity index is 2.56. The maximum Gasteiger partial charge on any atom is 0.303 e. The highest BCUT2D eigenvalue weighted by Gasteiger charge is 2.30. The minimum absolute atomic E-state index is 0.128. The number of hydrogen-bond acceptors (Lipinski definition) is 4. The lowest BCUT2D eigenvalue weighted by Gasteiger charge is -2.40. The summed E-state index contributed by atoms with van der Waals surface area (Å²) in [5.74, 6) is -0.506. The van der Waals surface area contributed by atoms with Crippen molar-refractivity contribution in [1.82, 2.24) is 10.2 Å². The Morgan fingerprint density at radius 1 is 1.50 bits per heavy atom. The van der Waals surface area contributed by atoms with Crippen LogP contribution in [-0.4, -0.2) is 59.4 Å². The van der Waals surface area contributed by atoms with Crippen molar-refractivity contribution in [2.45, 2.75) is 45.2 Å². The summed E-state index contributed by atoms with van der Waals surface area (Å²) in [5, 5.41) is 21.1. The molecule has 5 nitrogen and oxygen atoms in total. The van der Waals surface area contributed by atoms with Gasteiger partial charge in [0.2, 0.25) is 0 Å². The van der Waals surface area contributed by atoms with Crippen LogP contribution >= 0.6 is 0 Å². The highest BCUT2D eigenvalue weighted by molar-refractivity contribution is 5.67. The Morgan fingerprint density at radius 3 is 2.78 bits per heavy atom. The summed E-state index contributed by atoms with van der Waals surface area (Å²) in [6.07, 6.45) is 2.20. The van der Waals surface area contributed by atoms with Crippen LogP contribution in [0.25, 0.3) is 0 Å². The molecule has 3 N–H and O–H groups in total. The molecule has 106 valence electrons. The van der Waals surface area contributed by atoms with Crippen LogP contribution in [0.1, 0.15) is 33.1 Å². The third kappa shape index (κ3) is 4.92. The fraction of sp³-hybridized carbons (Fsp3) is 0.923. The molecule has 0 saturated carbocycles. The summed E-state index contributed by atoms with van der Waals surface area (Å²) < 4.78 is 0. The number of piperidine rings is 1. The smallest absolute Gasteiger partial charge is 0.303 e. The van der Waals surface area contributed by atoms with E-state index in [0.717, 1.165) is 25.9 Å². The van der Waals surface area contributed by atoms with E-state index in [1.54, 1.807) is 0 Å². The zero-order chi connectivity index (χ0) is 13.5. The molecule has 0 aromatic carbocycles. The molecule has 1 heterocycles. The second kappa shape index (κ2) is 7.71. The van der Waals surface area contributed by atoms with Gasteiger partial charge >= 0.3 is 5.97 Å². The van der Waals surface area contributed by atoms with Crippen molar-refractivity contribution in [3.8, 4) is 0 Å². The maximum atomic E-state index is 10.9. The molecule has 3 unspecified atom stereocenters. The Morgan fingerprint density at radius 2 is 2.22 bits per heavy atom. The minimum Gasteiger partial charge on any atom is -0.481 e. The number of carboxylic acids is 1. The normalized spacial score (nSPS) is 27.1. The lowest BCUT2D eigenvalue weighted by Crippen LogP contribution is -2.52. The quantitative estimate of drug-likeness (QED) is 0.621. The van der Waals surface area contributed by atoms with Gasteiger partial charge in [-0.25, -0.2) is 0 Å². The van der Waals surface area contributed by atoms with Crippen LogP contribution in [0, 0.1) is 5.92 Å². The van der Waals surface area contributed by atoms with E-state index in [1.807, 2.05) is 0 Å². The van der Waals surface area contributed by atoms with Gasteiger partial charge in [0.25, 0.3) is 0 Å². The monoisotopic (exact) mass is 258 g/mol. The molecule has 0 spiro atoms. The molecular weight excluding hydrogens is 232 g/mol. The van der Waals surface area contributed by atoms with Gasteiger partial charge in [-0.1, -0.05) is 6.92 Å². The van der Waals surface area contributed by atoms with Gasteiger partial charge in [-0.05, 0) is 25.7 Å². The third-order valence-corrected chi connectivity index (χ3v) is 3.79. The van der Waals surface area contributed by atoms with Gasteiger partial charge in [-0.2, -0.15) is 0 Å². The first-order valence-corrected chi connectivity index (χ1v) is 6.86.